The van der Waals surface area contributed by atoms with Gasteiger partial charge in [0, 0.05) is 44.1 Å². The predicted octanol–water partition coefficient (Wildman–Crippen LogP) is 1.76. The Morgan fingerprint density at radius 3 is 3.12 bits per heavy atom. The molecule has 1 aliphatic carbocycles. The fraction of sp³-hybridized carbons (Fsp3) is 0.529. The Morgan fingerprint density at radius 2 is 2.33 bits per heavy atom. The van der Waals surface area contributed by atoms with Crippen LogP contribution in [0.15, 0.2) is 30.7 Å². The summed E-state index contributed by atoms with van der Waals surface area (Å²) < 4.78 is 27.6. The lowest BCUT2D eigenvalue weighted by molar-refractivity contribution is 0.000138. The SMILES string of the molecule is Cn1cc(CN2CCO[C@H]3CC[C@H]2[C@@H]3Oc2ncccc2F)cn1. The van der Waals surface area contributed by atoms with Crippen LogP contribution in [0.5, 0.6) is 5.88 Å². The van der Waals surface area contributed by atoms with Gasteiger partial charge in [0.1, 0.15) is 6.10 Å². The molecule has 0 N–H and O–H groups in total. The molecule has 0 radical (unpaired) electrons. The highest BCUT2D eigenvalue weighted by Gasteiger charge is 2.44. The number of hydrogen-bond donors (Lipinski definition) is 0. The minimum Gasteiger partial charge on any atom is -0.468 e. The maximum atomic E-state index is 13.9. The molecule has 0 spiro atoms. The largest absolute Gasteiger partial charge is 0.468 e. The lowest BCUT2D eigenvalue weighted by Gasteiger charge is -2.30. The molecule has 2 aromatic heterocycles. The van der Waals surface area contributed by atoms with Gasteiger partial charge in [-0.1, -0.05) is 0 Å². The second kappa shape index (κ2) is 6.49. The Labute approximate surface area is 140 Å². The van der Waals surface area contributed by atoms with Crippen molar-refractivity contribution in [1.29, 1.82) is 0 Å². The number of hydrogen-bond acceptors (Lipinski definition) is 5. The first-order valence-corrected chi connectivity index (χ1v) is 8.31. The predicted molar refractivity (Wildman–Crippen MR) is 85.0 cm³/mol. The summed E-state index contributed by atoms with van der Waals surface area (Å²) in [7, 11) is 1.91. The van der Waals surface area contributed by atoms with Crippen molar-refractivity contribution in [2.45, 2.75) is 37.6 Å². The Balaban J connectivity index is 1.54. The van der Waals surface area contributed by atoms with Crippen LogP contribution < -0.4 is 4.74 Å². The Kier molecular flexibility index (Phi) is 4.20. The molecule has 2 bridgehead atoms. The van der Waals surface area contributed by atoms with E-state index in [1.165, 1.54) is 6.07 Å². The van der Waals surface area contributed by atoms with E-state index in [1.807, 2.05) is 19.4 Å². The molecule has 2 aliphatic rings. The summed E-state index contributed by atoms with van der Waals surface area (Å²) in [6.45, 7) is 2.28. The fourth-order valence-corrected chi connectivity index (χ4v) is 3.69. The van der Waals surface area contributed by atoms with E-state index in [0.29, 0.717) is 6.61 Å². The van der Waals surface area contributed by atoms with Crippen LogP contribution >= 0.6 is 0 Å². The minimum atomic E-state index is -0.431. The monoisotopic (exact) mass is 332 g/mol. The zero-order valence-corrected chi connectivity index (χ0v) is 13.6. The number of fused-ring (bicyclic) bond motifs is 2. The third-order valence-corrected chi connectivity index (χ3v) is 4.79. The molecule has 2 fully saturated rings. The molecule has 3 heterocycles. The first-order chi connectivity index (χ1) is 11.7. The molecule has 7 heteroatoms. The van der Waals surface area contributed by atoms with Crippen molar-refractivity contribution in [2.75, 3.05) is 13.2 Å². The molecule has 128 valence electrons. The molecule has 1 saturated carbocycles. The highest BCUT2D eigenvalue weighted by Crippen LogP contribution is 2.33. The van der Waals surface area contributed by atoms with Crippen LogP contribution in [0.3, 0.4) is 0 Å². The van der Waals surface area contributed by atoms with Gasteiger partial charge in [-0.05, 0) is 25.0 Å². The minimum absolute atomic E-state index is 0.00435. The van der Waals surface area contributed by atoms with Gasteiger partial charge in [-0.2, -0.15) is 5.10 Å². The highest BCUT2D eigenvalue weighted by atomic mass is 19.1. The van der Waals surface area contributed by atoms with Crippen molar-refractivity contribution in [3.8, 4) is 5.88 Å². The van der Waals surface area contributed by atoms with Crippen molar-refractivity contribution in [3.05, 3.63) is 42.1 Å². The summed E-state index contributed by atoms with van der Waals surface area (Å²) in [4.78, 5) is 6.38. The number of nitrogens with zero attached hydrogens (tertiary/aromatic N) is 4. The van der Waals surface area contributed by atoms with Crippen molar-refractivity contribution < 1.29 is 13.9 Å². The van der Waals surface area contributed by atoms with Gasteiger partial charge >= 0.3 is 0 Å². The zero-order chi connectivity index (χ0) is 16.5. The zero-order valence-electron chi connectivity index (χ0n) is 13.6. The molecule has 0 unspecified atom stereocenters. The fourth-order valence-electron chi connectivity index (χ4n) is 3.69. The first-order valence-electron chi connectivity index (χ1n) is 8.31. The van der Waals surface area contributed by atoms with Crippen LogP contribution in [0.25, 0.3) is 0 Å². The van der Waals surface area contributed by atoms with Crippen LogP contribution in [-0.2, 0) is 18.3 Å². The molecular weight excluding hydrogens is 311 g/mol. The van der Waals surface area contributed by atoms with Gasteiger partial charge in [0.25, 0.3) is 5.88 Å². The highest BCUT2D eigenvalue weighted by molar-refractivity contribution is 5.15. The topological polar surface area (TPSA) is 52.4 Å². The summed E-state index contributed by atoms with van der Waals surface area (Å²) in [6.07, 6.45) is 7.14. The van der Waals surface area contributed by atoms with E-state index < -0.39 is 5.82 Å². The van der Waals surface area contributed by atoms with Gasteiger partial charge in [-0.3, -0.25) is 9.58 Å². The van der Waals surface area contributed by atoms with Gasteiger partial charge < -0.3 is 9.47 Å². The molecule has 24 heavy (non-hydrogen) atoms. The van der Waals surface area contributed by atoms with E-state index in [9.17, 15) is 4.39 Å². The second-order valence-electron chi connectivity index (χ2n) is 6.42. The third kappa shape index (κ3) is 3.01. The lowest BCUT2D eigenvalue weighted by atomic mass is 10.1. The summed E-state index contributed by atoms with van der Waals surface area (Å²) in [6, 6.07) is 3.13. The van der Waals surface area contributed by atoms with Gasteiger partial charge in [-0.15, -0.1) is 0 Å². The summed E-state index contributed by atoms with van der Waals surface area (Å²) >= 11 is 0. The maximum absolute atomic E-state index is 13.9. The van der Waals surface area contributed by atoms with Crippen LogP contribution in [0, 0.1) is 5.82 Å². The summed E-state index contributed by atoms with van der Waals surface area (Å²) in [5.41, 5.74) is 1.16. The van der Waals surface area contributed by atoms with Gasteiger partial charge in [-0.25, -0.2) is 9.37 Å². The van der Waals surface area contributed by atoms with E-state index >= 15 is 0 Å². The van der Waals surface area contributed by atoms with E-state index in [0.717, 1.165) is 31.5 Å². The molecule has 3 atom stereocenters. The average molecular weight is 332 g/mol. The third-order valence-electron chi connectivity index (χ3n) is 4.79. The smallest absolute Gasteiger partial charge is 0.250 e. The van der Waals surface area contributed by atoms with Crippen molar-refractivity contribution in [3.63, 3.8) is 0 Å². The molecule has 1 saturated heterocycles. The molecule has 4 rings (SSSR count). The second-order valence-corrected chi connectivity index (χ2v) is 6.42. The van der Waals surface area contributed by atoms with Gasteiger partial charge in [0.15, 0.2) is 5.82 Å². The number of aromatic nitrogens is 3. The maximum Gasteiger partial charge on any atom is 0.250 e. The van der Waals surface area contributed by atoms with Crippen LogP contribution in [0.1, 0.15) is 18.4 Å². The van der Waals surface area contributed by atoms with Crippen LogP contribution in [-0.4, -0.2) is 51.1 Å². The normalized spacial score (nSPS) is 27.2. The quantitative estimate of drug-likeness (QED) is 0.854. The molecule has 0 amide bonds. The Bertz CT molecular complexity index is 707. The summed E-state index contributed by atoms with van der Waals surface area (Å²) in [5.74, 6) is -0.369. The average Bonchev–Trinajstić information content (AvgIpc) is 3.09. The molecular formula is C17H21FN4O2. The number of pyridine rings is 1. The van der Waals surface area contributed by atoms with Crippen molar-refractivity contribution in [1.82, 2.24) is 19.7 Å². The van der Waals surface area contributed by atoms with E-state index in [1.54, 1.807) is 16.9 Å². The molecule has 1 aliphatic heterocycles. The molecule has 6 nitrogen and oxygen atoms in total. The first kappa shape index (κ1) is 15.5. The number of rotatable bonds is 4. The van der Waals surface area contributed by atoms with Crippen LogP contribution in [0.2, 0.25) is 0 Å². The van der Waals surface area contributed by atoms with E-state index in [4.69, 9.17) is 9.47 Å². The summed E-state index contributed by atoms with van der Waals surface area (Å²) in [5, 5.41) is 4.23. The molecule has 0 aromatic carbocycles. The van der Waals surface area contributed by atoms with Gasteiger partial charge in [0.05, 0.1) is 18.9 Å². The van der Waals surface area contributed by atoms with Gasteiger partial charge in [0.2, 0.25) is 0 Å². The van der Waals surface area contributed by atoms with Crippen molar-refractivity contribution >= 4 is 0 Å². The van der Waals surface area contributed by atoms with E-state index in [-0.39, 0.29) is 24.1 Å². The molecule has 2 aromatic rings. The number of aryl methyl sites for hydroxylation is 1. The van der Waals surface area contributed by atoms with E-state index in [2.05, 4.69) is 15.0 Å². The van der Waals surface area contributed by atoms with Crippen LogP contribution in [0.4, 0.5) is 4.39 Å². The standard InChI is InChI=1S/C17H21FN4O2/c1-21-10-12(9-20-21)11-22-7-8-23-15-5-4-14(22)16(15)24-17-13(18)3-2-6-19-17/h2-3,6,9-10,14-16H,4-5,7-8,11H2,1H3/t14-,15-,16-/m0/s1. The van der Waals surface area contributed by atoms with Crippen molar-refractivity contribution in [2.24, 2.45) is 7.05 Å². The Hall–Kier alpha value is -1.99. The number of halogens is 1. The number of ether oxygens (including phenoxy) is 2. The Morgan fingerprint density at radius 1 is 1.42 bits per heavy atom. The lowest BCUT2D eigenvalue weighted by Crippen LogP contribution is -2.44.